The molecule has 1 aliphatic rings. The number of carbonyl (C=O) groups is 2. The molecule has 1 saturated heterocycles. The Hall–Kier alpha value is -1.84. The van der Waals surface area contributed by atoms with Crippen LogP contribution in [0.5, 0.6) is 0 Å². The molecule has 4 heteroatoms. The Morgan fingerprint density at radius 1 is 1.41 bits per heavy atom. The maximum Gasteiger partial charge on any atom is 0.249 e. The number of nitrogens with one attached hydrogen (secondary N) is 2. The van der Waals surface area contributed by atoms with Gasteiger partial charge in [0.2, 0.25) is 11.8 Å². The largest absolute Gasteiger partial charge is 0.374 e. The summed E-state index contributed by atoms with van der Waals surface area (Å²) in [7, 11) is 0. The van der Waals surface area contributed by atoms with E-state index >= 15 is 0 Å². The maximum absolute atomic E-state index is 11.6. The predicted molar refractivity (Wildman–Crippen MR) is 65.6 cm³/mol. The number of benzene rings is 1. The second kappa shape index (κ2) is 4.99. The van der Waals surface area contributed by atoms with Crippen molar-refractivity contribution < 1.29 is 9.59 Å². The van der Waals surface area contributed by atoms with Crippen molar-refractivity contribution in [2.45, 2.75) is 32.2 Å². The minimum atomic E-state index is -0.306. The zero-order valence-corrected chi connectivity index (χ0v) is 9.82. The highest BCUT2D eigenvalue weighted by Crippen LogP contribution is 2.15. The average molecular weight is 232 g/mol. The molecule has 1 fully saturated rings. The molecule has 1 aromatic carbocycles. The number of hydrogen-bond donors (Lipinski definition) is 2. The highest BCUT2D eigenvalue weighted by molar-refractivity contribution is 6.01. The van der Waals surface area contributed by atoms with E-state index in [9.17, 15) is 9.59 Å². The van der Waals surface area contributed by atoms with Crippen molar-refractivity contribution in [1.29, 1.82) is 0 Å². The summed E-state index contributed by atoms with van der Waals surface area (Å²) >= 11 is 0. The Kier molecular flexibility index (Phi) is 3.42. The van der Waals surface area contributed by atoms with Gasteiger partial charge >= 0.3 is 0 Å². The smallest absolute Gasteiger partial charge is 0.249 e. The van der Waals surface area contributed by atoms with Crippen LogP contribution >= 0.6 is 0 Å². The Morgan fingerprint density at radius 2 is 2.24 bits per heavy atom. The zero-order chi connectivity index (χ0) is 12.3. The van der Waals surface area contributed by atoms with E-state index in [1.165, 1.54) is 5.56 Å². The molecule has 2 N–H and O–H groups in total. The normalized spacial score (nSPS) is 19.9. The van der Waals surface area contributed by atoms with Gasteiger partial charge in [-0.3, -0.25) is 14.9 Å². The first-order valence-electron chi connectivity index (χ1n) is 5.88. The Bertz CT molecular complexity index is 443. The van der Waals surface area contributed by atoms with Gasteiger partial charge in [-0.2, -0.15) is 0 Å². The van der Waals surface area contributed by atoms with Crippen LogP contribution in [0.4, 0.5) is 5.69 Å². The lowest BCUT2D eigenvalue weighted by atomic mass is 10.1. The Morgan fingerprint density at radius 3 is 2.94 bits per heavy atom. The number of piperidine rings is 1. The molecule has 17 heavy (non-hydrogen) atoms. The molecule has 1 heterocycles. The van der Waals surface area contributed by atoms with Crippen molar-refractivity contribution in [3.8, 4) is 0 Å². The molecule has 0 spiro atoms. The highest BCUT2D eigenvalue weighted by Gasteiger charge is 2.26. The third-order valence-corrected chi connectivity index (χ3v) is 2.92. The number of imide groups is 1. The number of aryl methyl sites for hydroxylation is 1. The van der Waals surface area contributed by atoms with E-state index in [0.717, 1.165) is 12.1 Å². The van der Waals surface area contributed by atoms with Gasteiger partial charge in [0, 0.05) is 12.1 Å². The fraction of sp³-hybridized carbons (Fsp3) is 0.385. The van der Waals surface area contributed by atoms with E-state index in [0.29, 0.717) is 12.8 Å². The van der Waals surface area contributed by atoms with E-state index in [4.69, 9.17) is 0 Å². The van der Waals surface area contributed by atoms with Gasteiger partial charge in [0.05, 0.1) is 0 Å². The second-order valence-electron chi connectivity index (χ2n) is 4.20. The molecule has 0 aromatic heterocycles. The molecular formula is C13H16N2O2. The molecule has 1 aliphatic heterocycles. The van der Waals surface area contributed by atoms with Crippen LogP contribution in [-0.4, -0.2) is 17.9 Å². The molecule has 90 valence electrons. The number of anilines is 1. The molecule has 2 rings (SSSR count). The summed E-state index contributed by atoms with van der Waals surface area (Å²) in [5, 5.41) is 5.50. The topological polar surface area (TPSA) is 58.2 Å². The van der Waals surface area contributed by atoms with E-state index in [1.54, 1.807) is 0 Å². The molecular weight excluding hydrogens is 216 g/mol. The molecule has 4 nitrogen and oxygen atoms in total. The van der Waals surface area contributed by atoms with Crippen LogP contribution in [0.3, 0.4) is 0 Å². The molecule has 0 bridgehead atoms. The van der Waals surface area contributed by atoms with Gasteiger partial charge in [0.1, 0.15) is 6.04 Å². The van der Waals surface area contributed by atoms with Gasteiger partial charge in [-0.1, -0.05) is 19.1 Å². The van der Waals surface area contributed by atoms with Crippen LogP contribution in [0, 0.1) is 0 Å². The van der Waals surface area contributed by atoms with Crippen LogP contribution in [-0.2, 0) is 16.0 Å². The molecule has 1 aromatic rings. The second-order valence-corrected chi connectivity index (χ2v) is 4.20. The van der Waals surface area contributed by atoms with E-state index < -0.39 is 0 Å². The monoisotopic (exact) mass is 232 g/mol. The summed E-state index contributed by atoms with van der Waals surface area (Å²) in [5.41, 5.74) is 2.15. The third-order valence-electron chi connectivity index (χ3n) is 2.92. The standard InChI is InChI=1S/C13H16N2O2/c1-2-9-4-3-5-10(8-9)14-11-6-7-12(16)15-13(11)17/h3-5,8,11,14H,2,6-7H2,1H3,(H,15,16,17). The summed E-state index contributed by atoms with van der Waals surface area (Å²) in [6.45, 7) is 2.09. The minimum Gasteiger partial charge on any atom is -0.374 e. The summed E-state index contributed by atoms with van der Waals surface area (Å²) in [6.07, 6.45) is 1.92. The lowest BCUT2D eigenvalue weighted by Gasteiger charge is -2.22. The maximum atomic E-state index is 11.6. The van der Waals surface area contributed by atoms with Gasteiger partial charge in [0.25, 0.3) is 0 Å². The SMILES string of the molecule is CCc1cccc(NC2CCC(=O)NC2=O)c1. The van der Waals surface area contributed by atoms with Crippen LogP contribution in [0.15, 0.2) is 24.3 Å². The van der Waals surface area contributed by atoms with Crippen molar-refractivity contribution in [3.05, 3.63) is 29.8 Å². The van der Waals surface area contributed by atoms with E-state index in [-0.39, 0.29) is 17.9 Å². The molecule has 1 unspecified atom stereocenters. The van der Waals surface area contributed by atoms with Gasteiger partial charge in [-0.05, 0) is 30.5 Å². The lowest BCUT2D eigenvalue weighted by molar-refractivity contribution is -0.133. The molecule has 0 radical (unpaired) electrons. The number of amides is 2. The van der Waals surface area contributed by atoms with Crippen LogP contribution < -0.4 is 10.6 Å². The van der Waals surface area contributed by atoms with Gasteiger partial charge in [-0.15, -0.1) is 0 Å². The van der Waals surface area contributed by atoms with Gasteiger partial charge in [-0.25, -0.2) is 0 Å². The Balaban J connectivity index is 2.05. The summed E-state index contributed by atoms with van der Waals surface area (Å²) in [6, 6.07) is 7.68. The number of rotatable bonds is 3. The summed E-state index contributed by atoms with van der Waals surface area (Å²) in [5.74, 6) is -0.418. The van der Waals surface area contributed by atoms with Crippen molar-refractivity contribution >= 4 is 17.5 Å². The average Bonchev–Trinajstić information content (AvgIpc) is 2.33. The lowest BCUT2D eigenvalue weighted by Crippen LogP contribution is -2.47. The Labute approximate surface area is 100 Å². The third kappa shape index (κ3) is 2.84. The zero-order valence-electron chi connectivity index (χ0n) is 9.82. The molecule has 2 amide bonds. The van der Waals surface area contributed by atoms with E-state index in [1.807, 2.05) is 18.2 Å². The van der Waals surface area contributed by atoms with Crippen molar-refractivity contribution in [3.63, 3.8) is 0 Å². The van der Waals surface area contributed by atoms with Crippen LogP contribution in [0.1, 0.15) is 25.3 Å². The minimum absolute atomic E-state index is 0.185. The first-order chi connectivity index (χ1) is 8.19. The van der Waals surface area contributed by atoms with Crippen LogP contribution in [0.25, 0.3) is 0 Å². The number of carbonyl (C=O) groups excluding carboxylic acids is 2. The van der Waals surface area contributed by atoms with Gasteiger partial charge in [0.15, 0.2) is 0 Å². The molecule has 0 saturated carbocycles. The van der Waals surface area contributed by atoms with Crippen molar-refractivity contribution in [2.24, 2.45) is 0 Å². The predicted octanol–water partition coefficient (Wildman–Crippen LogP) is 1.47. The van der Waals surface area contributed by atoms with Gasteiger partial charge < -0.3 is 5.32 Å². The van der Waals surface area contributed by atoms with Crippen molar-refractivity contribution in [2.75, 3.05) is 5.32 Å². The number of hydrogen-bond acceptors (Lipinski definition) is 3. The highest BCUT2D eigenvalue weighted by atomic mass is 16.2. The van der Waals surface area contributed by atoms with E-state index in [2.05, 4.69) is 23.6 Å². The first kappa shape index (κ1) is 11.6. The molecule has 0 aliphatic carbocycles. The van der Waals surface area contributed by atoms with Crippen LogP contribution in [0.2, 0.25) is 0 Å². The van der Waals surface area contributed by atoms with Crippen molar-refractivity contribution in [1.82, 2.24) is 5.32 Å². The fourth-order valence-electron chi connectivity index (χ4n) is 1.91. The first-order valence-corrected chi connectivity index (χ1v) is 5.88. The summed E-state index contributed by atoms with van der Waals surface area (Å²) in [4.78, 5) is 22.6. The quantitative estimate of drug-likeness (QED) is 0.776. The fourth-order valence-corrected chi connectivity index (χ4v) is 1.91. The molecule has 1 atom stereocenters. The summed E-state index contributed by atoms with van der Waals surface area (Å²) < 4.78 is 0.